The van der Waals surface area contributed by atoms with Crippen molar-refractivity contribution in [2.24, 2.45) is 0 Å². The Morgan fingerprint density at radius 3 is 2.64 bits per heavy atom. The molecular weight excluding hydrogens is 297 g/mol. The number of alkyl halides is 3. The van der Waals surface area contributed by atoms with E-state index in [4.69, 9.17) is 0 Å². The minimum Gasteiger partial charge on any atom is -0.352 e. The van der Waals surface area contributed by atoms with Crippen molar-refractivity contribution in [2.45, 2.75) is 58.3 Å². The lowest BCUT2D eigenvalue weighted by atomic mass is 10.1. The van der Waals surface area contributed by atoms with Crippen molar-refractivity contribution in [3.63, 3.8) is 0 Å². The summed E-state index contributed by atoms with van der Waals surface area (Å²) in [5.74, 6) is -0.467. The second-order valence-electron chi connectivity index (χ2n) is 5.32. The van der Waals surface area contributed by atoms with E-state index in [1.807, 2.05) is 6.92 Å². The predicted octanol–water partition coefficient (Wildman–Crippen LogP) is 2.95. The molecule has 0 aliphatic heterocycles. The number of nitrogens with one attached hydrogen (secondary N) is 1. The lowest BCUT2D eigenvalue weighted by molar-refractivity contribution is -0.139. The van der Waals surface area contributed by atoms with Gasteiger partial charge < -0.3 is 9.88 Å². The van der Waals surface area contributed by atoms with Gasteiger partial charge in [0.25, 0.3) is 5.56 Å². The van der Waals surface area contributed by atoms with Crippen LogP contribution < -0.4 is 10.9 Å². The number of carbonyl (C=O) groups is 1. The average molecular weight is 318 g/mol. The molecule has 0 spiro atoms. The van der Waals surface area contributed by atoms with E-state index in [0.717, 1.165) is 36.3 Å². The number of rotatable bonds is 7. The number of unbranched alkanes of at least 4 members (excludes halogenated alkanes) is 2. The number of halogens is 3. The maximum Gasteiger partial charge on any atom is 0.421 e. The highest BCUT2D eigenvalue weighted by molar-refractivity contribution is 5.76. The van der Waals surface area contributed by atoms with E-state index >= 15 is 0 Å². The van der Waals surface area contributed by atoms with Crippen molar-refractivity contribution in [1.29, 1.82) is 0 Å². The van der Waals surface area contributed by atoms with E-state index in [1.165, 1.54) is 6.20 Å². The zero-order chi connectivity index (χ0) is 16.8. The van der Waals surface area contributed by atoms with Gasteiger partial charge in [0.2, 0.25) is 5.91 Å². The SMILES string of the molecule is CCCCCC(C)NC(=O)Cn1cccc(C(F)(F)F)c1=O. The third-order valence-electron chi connectivity index (χ3n) is 3.29. The molecule has 1 atom stereocenters. The second kappa shape index (κ2) is 8.00. The first-order valence-corrected chi connectivity index (χ1v) is 7.31. The quantitative estimate of drug-likeness (QED) is 0.786. The third kappa shape index (κ3) is 5.54. The summed E-state index contributed by atoms with van der Waals surface area (Å²) in [6.07, 6.45) is 0.370. The molecule has 0 aromatic carbocycles. The predicted molar refractivity (Wildman–Crippen MR) is 77.5 cm³/mol. The van der Waals surface area contributed by atoms with Gasteiger partial charge in [0.15, 0.2) is 0 Å². The van der Waals surface area contributed by atoms with Crippen molar-refractivity contribution >= 4 is 5.91 Å². The highest BCUT2D eigenvalue weighted by Crippen LogP contribution is 2.25. The molecule has 0 bridgehead atoms. The van der Waals surface area contributed by atoms with Crippen LogP contribution in [0.4, 0.5) is 13.2 Å². The molecule has 0 radical (unpaired) electrons. The molecule has 1 N–H and O–H groups in total. The van der Waals surface area contributed by atoms with Crippen LogP contribution in [0, 0.1) is 0 Å². The molecule has 1 aromatic heterocycles. The van der Waals surface area contributed by atoms with Gasteiger partial charge in [-0.2, -0.15) is 13.2 Å². The van der Waals surface area contributed by atoms with Gasteiger partial charge in [0, 0.05) is 12.2 Å². The lowest BCUT2D eigenvalue weighted by Gasteiger charge is -2.15. The molecule has 4 nitrogen and oxygen atoms in total. The largest absolute Gasteiger partial charge is 0.421 e. The fourth-order valence-corrected chi connectivity index (χ4v) is 2.12. The normalized spacial score (nSPS) is 13.0. The monoisotopic (exact) mass is 318 g/mol. The zero-order valence-electron chi connectivity index (χ0n) is 12.7. The minimum atomic E-state index is -4.72. The maximum atomic E-state index is 12.6. The number of carbonyl (C=O) groups excluding carboxylic acids is 1. The van der Waals surface area contributed by atoms with Crippen LogP contribution in [-0.2, 0) is 17.5 Å². The fourth-order valence-electron chi connectivity index (χ4n) is 2.12. The summed E-state index contributed by atoms with van der Waals surface area (Å²) in [6.45, 7) is 3.49. The standard InChI is InChI=1S/C15H21F3N2O2/c1-3-4-5-7-11(2)19-13(21)10-20-9-6-8-12(14(20)22)15(16,17)18/h6,8-9,11H,3-5,7,10H2,1-2H3,(H,19,21). The van der Waals surface area contributed by atoms with Crippen LogP contribution in [0.5, 0.6) is 0 Å². The van der Waals surface area contributed by atoms with Crippen LogP contribution in [0.15, 0.2) is 23.1 Å². The number of nitrogens with zero attached hydrogens (tertiary/aromatic N) is 1. The zero-order valence-corrected chi connectivity index (χ0v) is 12.7. The van der Waals surface area contributed by atoms with Crippen LogP contribution in [0.25, 0.3) is 0 Å². The smallest absolute Gasteiger partial charge is 0.352 e. The van der Waals surface area contributed by atoms with Crippen LogP contribution in [0.2, 0.25) is 0 Å². The molecule has 1 unspecified atom stereocenters. The van der Waals surface area contributed by atoms with E-state index in [-0.39, 0.29) is 6.04 Å². The molecule has 0 fully saturated rings. The molecular formula is C15H21F3N2O2. The molecule has 7 heteroatoms. The van der Waals surface area contributed by atoms with Crippen LogP contribution in [0.3, 0.4) is 0 Å². The Morgan fingerprint density at radius 1 is 1.36 bits per heavy atom. The fraction of sp³-hybridized carbons (Fsp3) is 0.600. The average Bonchev–Trinajstić information content (AvgIpc) is 2.40. The molecule has 0 aliphatic rings. The van der Waals surface area contributed by atoms with Crippen molar-refractivity contribution < 1.29 is 18.0 Å². The first-order chi connectivity index (χ1) is 10.3. The van der Waals surface area contributed by atoms with Gasteiger partial charge >= 0.3 is 6.18 Å². The Balaban J connectivity index is 2.67. The number of pyridine rings is 1. The van der Waals surface area contributed by atoms with Crippen LogP contribution >= 0.6 is 0 Å². The summed E-state index contributed by atoms with van der Waals surface area (Å²) in [5, 5.41) is 2.69. The topological polar surface area (TPSA) is 51.1 Å². The Kier molecular flexibility index (Phi) is 6.64. The Hall–Kier alpha value is -1.79. The van der Waals surface area contributed by atoms with Gasteiger partial charge in [-0.25, -0.2) is 0 Å². The van der Waals surface area contributed by atoms with E-state index in [1.54, 1.807) is 0 Å². The Morgan fingerprint density at radius 2 is 2.05 bits per heavy atom. The van der Waals surface area contributed by atoms with Gasteiger partial charge in [-0.3, -0.25) is 9.59 Å². The summed E-state index contributed by atoms with van der Waals surface area (Å²) < 4.78 is 38.7. The lowest BCUT2D eigenvalue weighted by Crippen LogP contribution is -2.38. The van der Waals surface area contributed by atoms with Crippen molar-refractivity contribution in [1.82, 2.24) is 9.88 Å². The van der Waals surface area contributed by atoms with E-state index in [2.05, 4.69) is 12.2 Å². The molecule has 0 saturated heterocycles. The van der Waals surface area contributed by atoms with Gasteiger partial charge in [0.05, 0.1) is 0 Å². The number of amides is 1. The van der Waals surface area contributed by atoms with Gasteiger partial charge in [-0.1, -0.05) is 26.2 Å². The summed E-state index contributed by atoms with van der Waals surface area (Å²) in [6, 6.07) is 1.76. The summed E-state index contributed by atoms with van der Waals surface area (Å²) in [4.78, 5) is 23.5. The number of hydrogen-bond acceptors (Lipinski definition) is 2. The molecule has 0 aliphatic carbocycles. The van der Waals surface area contributed by atoms with Crippen LogP contribution in [0.1, 0.15) is 45.1 Å². The maximum absolute atomic E-state index is 12.6. The number of aromatic nitrogens is 1. The highest BCUT2D eigenvalue weighted by Gasteiger charge is 2.34. The van der Waals surface area contributed by atoms with Crippen molar-refractivity contribution in [3.05, 3.63) is 34.2 Å². The molecule has 1 rings (SSSR count). The summed E-state index contributed by atoms with van der Waals surface area (Å²) in [7, 11) is 0. The molecule has 22 heavy (non-hydrogen) atoms. The molecule has 1 amide bonds. The van der Waals surface area contributed by atoms with Crippen molar-refractivity contribution in [2.75, 3.05) is 0 Å². The van der Waals surface area contributed by atoms with Gasteiger partial charge in [-0.15, -0.1) is 0 Å². The van der Waals surface area contributed by atoms with Gasteiger partial charge in [-0.05, 0) is 25.5 Å². The van der Waals surface area contributed by atoms with Gasteiger partial charge in [0.1, 0.15) is 12.1 Å². The van der Waals surface area contributed by atoms with E-state index in [9.17, 15) is 22.8 Å². The minimum absolute atomic E-state index is 0.0689. The number of hydrogen-bond donors (Lipinski definition) is 1. The molecule has 124 valence electrons. The van der Waals surface area contributed by atoms with Crippen LogP contribution in [-0.4, -0.2) is 16.5 Å². The first kappa shape index (κ1) is 18.3. The Labute approximate surface area is 127 Å². The third-order valence-corrected chi connectivity index (χ3v) is 3.29. The molecule has 0 saturated carbocycles. The molecule has 1 heterocycles. The van der Waals surface area contributed by atoms with E-state index in [0.29, 0.717) is 6.07 Å². The highest BCUT2D eigenvalue weighted by atomic mass is 19.4. The van der Waals surface area contributed by atoms with E-state index < -0.39 is 29.8 Å². The Bertz CT molecular complexity index is 552. The first-order valence-electron chi connectivity index (χ1n) is 7.31. The molecule has 1 aromatic rings. The summed E-state index contributed by atoms with van der Waals surface area (Å²) in [5.41, 5.74) is -2.47. The summed E-state index contributed by atoms with van der Waals surface area (Å²) >= 11 is 0. The van der Waals surface area contributed by atoms with Crippen molar-refractivity contribution in [3.8, 4) is 0 Å². The second-order valence-corrected chi connectivity index (χ2v) is 5.32.